The first-order chi connectivity index (χ1) is 9.99. The zero-order valence-corrected chi connectivity index (χ0v) is 12.7. The second kappa shape index (κ2) is 6.59. The van der Waals surface area contributed by atoms with Crippen LogP contribution in [0.1, 0.15) is 22.8 Å². The second-order valence-corrected chi connectivity index (χ2v) is 5.40. The lowest BCUT2D eigenvalue weighted by Crippen LogP contribution is -2.36. The van der Waals surface area contributed by atoms with E-state index in [2.05, 4.69) is 4.98 Å². The van der Waals surface area contributed by atoms with E-state index in [0.29, 0.717) is 17.0 Å². The number of carbonyl (C=O) groups excluding carboxylic acids is 1. The number of rotatable bonds is 4. The van der Waals surface area contributed by atoms with E-state index in [0.717, 1.165) is 5.56 Å². The van der Waals surface area contributed by atoms with Crippen molar-refractivity contribution in [3.63, 3.8) is 0 Å². The fourth-order valence-electron chi connectivity index (χ4n) is 2.05. The SMILES string of the molecule is CC(Cc1ccc(O)cc1)N(C)C(=O)c1ccncc1Cl. The van der Waals surface area contributed by atoms with E-state index in [1.54, 1.807) is 36.3 Å². The zero-order chi connectivity index (χ0) is 15.4. The van der Waals surface area contributed by atoms with Gasteiger partial charge in [-0.2, -0.15) is 0 Å². The third-order valence-corrected chi connectivity index (χ3v) is 3.75. The Hall–Kier alpha value is -2.07. The highest BCUT2D eigenvalue weighted by Gasteiger charge is 2.19. The predicted molar refractivity (Wildman–Crippen MR) is 82.6 cm³/mol. The molecule has 0 aliphatic carbocycles. The molecule has 0 fully saturated rings. The Morgan fingerprint density at radius 3 is 2.62 bits per heavy atom. The maximum absolute atomic E-state index is 12.4. The van der Waals surface area contributed by atoms with Gasteiger partial charge in [-0.1, -0.05) is 23.7 Å². The summed E-state index contributed by atoms with van der Waals surface area (Å²) in [5, 5.41) is 9.64. The van der Waals surface area contributed by atoms with Gasteiger partial charge in [-0.05, 0) is 37.1 Å². The standard InChI is InChI=1S/C16H17ClN2O2/c1-11(9-12-3-5-13(20)6-4-12)19(2)16(21)14-7-8-18-10-15(14)17/h3-8,10-11,20H,9H2,1-2H3. The topological polar surface area (TPSA) is 53.4 Å². The number of hydrogen-bond acceptors (Lipinski definition) is 3. The lowest BCUT2D eigenvalue weighted by atomic mass is 10.1. The van der Waals surface area contributed by atoms with Crippen molar-refractivity contribution < 1.29 is 9.90 Å². The van der Waals surface area contributed by atoms with Crippen molar-refractivity contribution in [2.45, 2.75) is 19.4 Å². The van der Waals surface area contributed by atoms with Gasteiger partial charge in [-0.25, -0.2) is 0 Å². The van der Waals surface area contributed by atoms with Gasteiger partial charge in [-0.15, -0.1) is 0 Å². The van der Waals surface area contributed by atoms with Crippen LogP contribution in [-0.2, 0) is 6.42 Å². The minimum atomic E-state index is -0.131. The number of pyridine rings is 1. The number of aromatic hydroxyl groups is 1. The normalized spacial score (nSPS) is 12.0. The van der Waals surface area contributed by atoms with Crippen LogP contribution in [0.4, 0.5) is 0 Å². The van der Waals surface area contributed by atoms with Gasteiger partial charge < -0.3 is 10.0 Å². The number of hydrogen-bond donors (Lipinski definition) is 1. The molecule has 1 aromatic carbocycles. The Kier molecular flexibility index (Phi) is 4.81. The number of likely N-dealkylation sites (N-methyl/N-ethyl adjacent to an activating group) is 1. The average molecular weight is 305 g/mol. The Balaban J connectivity index is 2.08. The zero-order valence-electron chi connectivity index (χ0n) is 12.0. The van der Waals surface area contributed by atoms with Crippen LogP contribution < -0.4 is 0 Å². The fourth-order valence-corrected chi connectivity index (χ4v) is 2.25. The van der Waals surface area contributed by atoms with Crippen LogP contribution in [0.2, 0.25) is 5.02 Å². The van der Waals surface area contributed by atoms with Crippen LogP contribution in [0, 0.1) is 0 Å². The van der Waals surface area contributed by atoms with Gasteiger partial charge >= 0.3 is 0 Å². The van der Waals surface area contributed by atoms with Gasteiger partial charge in [0.1, 0.15) is 5.75 Å². The number of halogens is 1. The molecule has 0 bridgehead atoms. The van der Waals surface area contributed by atoms with Crippen LogP contribution in [-0.4, -0.2) is 34.0 Å². The number of benzene rings is 1. The molecule has 1 atom stereocenters. The Bertz CT molecular complexity index is 628. The minimum Gasteiger partial charge on any atom is -0.508 e. The molecule has 21 heavy (non-hydrogen) atoms. The Morgan fingerprint density at radius 1 is 1.33 bits per heavy atom. The highest BCUT2D eigenvalue weighted by molar-refractivity contribution is 6.33. The van der Waals surface area contributed by atoms with Crippen molar-refractivity contribution in [1.29, 1.82) is 0 Å². The number of aromatic nitrogens is 1. The number of amides is 1. The van der Waals surface area contributed by atoms with Crippen LogP contribution in [0.5, 0.6) is 5.75 Å². The summed E-state index contributed by atoms with van der Waals surface area (Å²) in [5.41, 5.74) is 1.51. The van der Waals surface area contributed by atoms with Crippen molar-refractivity contribution in [1.82, 2.24) is 9.88 Å². The van der Waals surface area contributed by atoms with E-state index >= 15 is 0 Å². The van der Waals surface area contributed by atoms with Gasteiger partial charge in [0, 0.05) is 25.5 Å². The molecule has 4 nitrogen and oxygen atoms in total. The van der Waals surface area contributed by atoms with Gasteiger partial charge in [0.25, 0.3) is 5.91 Å². The molecule has 110 valence electrons. The fraction of sp³-hybridized carbons (Fsp3) is 0.250. The second-order valence-electron chi connectivity index (χ2n) is 4.99. The first-order valence-electron chi connectivity index (χ1n) is 6.63. The van der Waals surface area contributed by atoms with Crippen molar-refractivity contribution in [2.75, 3.05) is 7.05 Å². The Labute approximate surface area is 129 Å². The number of carbonyl (C=O) groups is 1. The van der Waals surface area contributed by atoms with Crippen molar-refractivity contribution in [3.8, 4) is 5.75 Å². The molecule has 1 aromatic heterocycles. The molecule has 2 aromatic rings. The summed E-state index contributed by atoms with van der Waals surface area (Å²) in [6.45, 7) is 1.97. The highest BCUT2D eigenvalue weighted by Crippen LogP contribution is 2.18. The van der Waals surface area contributed by atoms with Crippen LogP contribution >= 0.6 is 11.6 Å². The summed E-state index contributed by atoms with van der Waals surface area (Å²) in [5.74, 6) is 0.105. The van der Waals surface area contributed by atoms with E-state index in [-0.39, 0.29) is 17.7 Å². The summed E-state index contributed by atoms with van der Waals surface area (Å²) in [4.78, 5) is 18.0. The molecule has 1 amide bonds. The van der Waals surface area contributed by atoms with E-state index < -0.39 is 0 Å². The van der Waals surface area contributed by atoms with Crippen LogP contribution in [0.15, 0.2) is 42.7 Å². The first kappa shape index (κ1) is 15.3. The molecule has 0 spiro atoms. The van der Waals surface area contributed by atoms with Crippen LogP contribution in [0.25, 0.3) is 0 Å². The molecule has 0 aliphatic rings. The summed E-state index contributed by atoms with van der Waals surface area (Å²) < 4.78 is 0. The molecule has 1 heterocycles. The first-order valence-corrected chi connectivity index (χ1v) is 7.01. The van der Waals surface area contributed by atoms with Gasteiger partial charge in [0.05, 0.1) is 10.6 Å². The monoisotopic (exact) mass is 304 g/mol. The summed E-state index contributed by atoms with van der Waals surface area (Å²) in [6, 6.07) is 8.61. The molecular weight excluding hydrogens is 288 g/mol. The maximum Gasteiger partial charge on any atom is 0.255 e. The lowest BCUT2D eigenvalue weighted by molar-refractivity contribution is 0.0743. The van der Waals surface area contributed by atoms with E-state index in [4.69, 9.17) is 11.6 Å². The van der Waals surface area contributed by atoms with Gasteiger partial charge in [-0.3, -0.25) is 9.78 Å². The number of nitrogens with zero attached hydrogens (tertiary/aromatic N) is 2. The molecule has 0 radical (unpaired) electrons. The molecule has 0 aliphatic heterocycles. The predicted octanol–water partition coefficient (Wildman–Crippen LogP) is 3.14. The molecule has 2 rings (SSSR count). The van der Waals surface area contributed by atoms with Crippen LogP contribution in [0.3, 0.4) is 0 Å². The number of phenols is 1. The lowest BCUT2D eigenvalue weighted by Gasteiger charge is -2.25. The van der Waals surface area contributed by atoms with E-state index in [1.807, 2.05) is 19.1 Å². The molecular formula is C16H17ClN2O2. The van der Waals surface area contributed by atoms with E-state index in [1.165, 1.54) is 6.20 Å². The van der Waals surface area contributed by atoms with Crippen molar-refractivity contribution in [2.24, 2.45) is 0 Å². The van der Waals surface area contributed by atoms with Gasteiger partial charge in [0.2, 0.25) is 0 Å². The minimum absolute atomic E-state index is 0.00581. The largest absolute Gasteiger partial charge is 0.508 e. The molecule has 1 unspecified atom stereocenters. The van der Waals surface area contributed by atoms with E-state index in [9.17, 15) is 9.90 Å². The number of phenolic OH excluding ortho intramolecular Hbond substituents is 1. The highest BCUT2D eigenvalue weighted by atomic mass is 35.5. The smallest absolute Gasteiger partial charge is 0.255 e. The Morgan fingerprint density at radius 2 is 2.00 bits per heavy atom. The van der Waals surface area contributed by atoms with Gasteiger partial charge in [0.15, 0.2) is 0 Å². The molecule has 0 saturated carbocycles. The van der Waals surface area contributed by atoms with Crippen molar-refractivity contribution in [3.05, 3.63) is 58.9 Å². The average Bonchev–Trinajstić information content (AvgIpc) is 2.48. The summed E-state index contributed by atoms with van der Waals surface area (Å²) >= 11 is 6.01. The third-order valence-electron chi connectivity index (χ3n) is 3.45. The molecule has 5 heteroatoms. The van der Waals surface area contributed by atoms with Crippen molar-refractivity contribution >= 4 is 17.5 Å². The maximum atomic E-state index is 12.4. The quantitative estimate of drug-likeness (QED) is 0.944. The summed E-state index contributed by atoms with van der Waals surface area (Å²) in [6.07, 6.45) is 3.72. The third kappa shape index (κ3) is 3.73. The molecule has 1 N–H and O–H groups in total. The summed E-state index contributed by atoms with van der Waals surface area (Å²) in [7, 11) is 1.75. The molecule has 0 saturated heterocycles.